The molecule has 3 N–H and O–H groups in total. The molecular weight excluding hydrogens is 474 g/mol. The van der Waals surface area contributed by atoms with E-state index in [0.29, 0.717) is 36.6 Å². The number of likely N-dealkylation sites (N-methyl/N-ethyl adjacent to an activating group) is 1. The molecule has 3 aromatic rings. The number of carbonyl (C=O) groups excluding carboxylic acids is 2. The van der Waals surface area contributed by atoms with Crippen molar-refractivity contribution in [1.29, 1.82) is 0 Å². The number of aromatic amines is 1. The van der Waals surface area contributed by atoms with Crippen molar-refractivity contribution in [2.45, 2.75) is 12.8 Å². The highest BCUT2D eigenvalue weighted by Crippen LogP contribution is 2.26. The van der Waals surface area contributed by atoms with E-state index in [1.807, 2.05) is 36.2 Å². The summed E-state index contributed by atoms with van der Waals surface area (Å²) < 4.78 is 15.8. The number of H-pyrrole nitrogens is 1. The highest BCUT2D eigenvalue weighted by molar-refractivity contribution is 6.11. The fourth-order valence-electron chi connectivity index (χ4n) is 3.64. The lowest BCUT2D eigenvalue weighted by molar-refractivity contribution is -0.111. The molecule has 0 saturated carbocycles. The number of hydrogen-bond donors (Lipinski definition) is 3. The van der Waals surface area contributed by atoms with Crippen LogP contribution in [0.15, 0.2) is 55.1 Å². The van der Waals surface area contributed by atoms with Crippen molar-refractivity contribution >= 4 is 29.0 Å². The Kier molecular flexibility index (Phi) is 9.68. The number of nitrogens with one attached hydrogen (secondary N) is 3. The van der Waals surface area contributed by atoms with E-state index < -0.39 is 11.8 Å². The minimum absolute atomic E-state index is 0.298. The molecule has 2 amide bonds. The van der Waals surface area contributed by atoms with Gasteiger partial charge in [0.1, 0.15) is 11.5 Å². The molecule has 196 valence electrons. The number of methoxy groups -OCH3 is 3. The Morgan fingerprint density at radius 1 is 1.03 bits per heavy atom. The summed E-state index contributed by atoms with van der Waals surface area (Å²) in [5, 5.41) is 12.7. The number of rotatable bonds is 13. The van der Waals surface area contributed by atoms with Crippen LogP contribution < -0.4 is 25.0 Å². The maximum absolute atomic E-state index is 13.1. The van der Waals surface area contributed by atoms with Gasteiger partial charge < -0.3 is 29.7 Å². The smallest absolute Gasteiger partial charge is 0.258 e. The fraction of sp³-hybridized carbons (Fsp3) is 0.296. The summed E-state index contributed by atoms with van der Waals surface area (Å²) in [6.07, 6.45) is 2.54. The molecule has 1 aromatic heterocycles. The van der Waals surface area contributed by atoms with Gasteiger partial charge in [-0.25, -0.2) is 0 Å². The number of carbonyl (C=O) groups is 2. The number of amides is 2. The van der Waals surface area contributed by atoms with Crippen LogP contribution in [0.2, 0.25) is 0 Å². The van der Waals surface area contributed by atoms with Crippen LogP contribution >= 0.6 is 0 Å². The lowest BCUT2D eigenvalue weighted by Gasteiger charge is -2.21. The van der Waals surface area contributed by atoms with Gasteiger partial charge in [-0.05, 0) is 54.8 Å². The summed E-state index contributed by atoms with van der Waals surface area (Å²) in [5.41, 5.74) is 3.39. The maximum atomic E-state index is 13.1. The summed E-state index contributed by atoms with van der Waals surface area (Å²) in [7, 11) is 6.77. The Morgan fingerprint density at radius 2 is 1.76 bits per heavy atom. The zero-order valence-electron chi connectivity index (χ0n) is 21.6. The summed E-state index contributed by atoms with van der Waals surface area (Å²) in [6, 6.07) is 12.7. The Labute approximate surface area is 216 Å². The summed E-state index contributed by atoms with van der Waals surface area (Å²) >= 11 is 0. The average molecular weight is 508 g/mol. The molecule has 37 heavy (non-hydrogen) atoms. The van der Waals surface area contributed by atoms with Crippen LogP contribution in [0.5, 0.6) is 11.5 Å². The second-order valence-electron chi connectivity index (χ2n) is 8.29. The largest absolute Gasteiger partial charge is 0.497 e. The number of aryl methyl sites for hydroxylation is 2. The van der Waals surface area contributed by atoms with E-state index in [4.69, 9.17) is 14.2 Å². The predicted octanol–water partition coefficient (Wildman–Crippen LogP) is 3.67. The third-order valence-corrected chi connectivity index (χ3v) is 5.73. The first-order valence-electron chi connectivity index (χ1n) is 11.7. The van der Waals surface area contributed by atoms with Gasteiger partial charge in [-0.2, -0.15) is 5.10 Å². The molecule has 0 fully saturated rings. The van der Waals surface area contributed by atoms with Crippen molar-refractivity contribution in [2.24, 2.45) is 0 Å². The quantitative estimate of drug-likeness (QED) is 0.302. The SMILES string of the molecule is C=CC(=O)Nc1cc(N(C)CCOC)ccc1C(=O)Nc1cc(CCc2cc(OC)cc(OC)c2)[nH]n1. The number of nitrogens with zero attached hydrogens (tertiary/aromatic N) is 2. The van der Waals surface area contributed by atoms with Crippen molar-refractivity contribution < 1.29 is 23.8 Å². The highest BCUT2D eigenvalue weighted by Gasteiger charge is 2.16. The van der Waals surface area contributed by atoms with Gasteiger partial charge in [0.15, 0.2) is 5.82 Å². The zero-order chi connectivity index (χ0) is 26.8. The molecule has 3 rings (SSSR count). The van der Waals surface area contributed by atoms with Gasteiger partial charge in [-0.3, -0.25) is 14.7 Å². The van der Waals surface area contributed by atoms with Crippen molar-refractivity contribution in [1.82, 2.24) is 10.2 Å². The van der Waals surface area contributed by atoms with E-state index in [9.17, 15) is 9.59 Å². The van der Waals surface area contributed by atoms with Gasteiger partial charge in [-0.15, -0.1) is 0 Å². The molecule has 0 saturated heterocycles. The number of ether oxygens (including phenoxy) is 3. The van der Waals surface area contributed by atoms with Gasteiger partial charge in [-0.1, -0.05) is 6.58 Å². The van der Waals surface area contributed by atoms with Crippen LogP contribution in [-0.4, -0.2) is 63.5 Å². The molecule has 2 aromatic carbocycles. The Hall–Kier alpha value is -4.31. The van der Waals surface area contributed by atoms with Crippen LogP contribution in [-0.2, 0) is 22.4 Å². The van der Waals surface area contributed by atoms with Crippen molar-refractivity contribution in [3.8, 4) is 11.5 Å². The monoisotopic (exact) mass is 507 g/mol. The van der Waals surface area contributed by atoms with Crippen molar-refractivity contribution in [3.63, 3.8) is 0 Å². The summed E-state index contributed by atoms with van der Waals surface area (Å²) in [4.78, 5) is 27.1. The lowest BCUT2D eigenvalue weighted by Crippen LogP contribution is -2.23. The van der Waals surface area contributed by atoms with Crippen LogP contribution in [0.25, 0.3) is 0 Å². The van der Waals surface area contributed by atoms with E-state index in [2.05, 4.69) is 27.4 Å². The van der Waals surface area contributed by atoms with Crippen LogP contribution in [0.1, 0.15) is 21.6 Å². The first-order chi connectivity index (χ1) is 17.9. The molecule has 0 atom stereocenters. The van der Waals surface area contributed by atoms with Gasteiger partial charge in [0, 0.05) is 44.2 Å². The molecule has 0 unspecified atom stereocenters. The van der Waals surface area contributed by atoms with E-state index >= 15 is 0 Å². The van der Waals surface area contributed by atoms with E-state index in [-0.39, 0.29) is 0 Å². The van der Waals surface area contributed by atoms with E-state index in [1.54, 1.807) is 39.5 Å². The molecule has 0 radical (unpaired) electrons. The molecule has 1 heterocycles. The third kappa shape index (κ3) is 7.58. The molecule has 0 aliphatic heterocycles. The standard InChI is InChI=1S/C27H33N5O5/c1-6-26(33)28-24-16-20(32(2)11-12-35-3)9-10-23(24)27(34)29-25-15-19(30-31-25)8-7-18-13-21(36-4)17-22(14-18)37-5/h6,9-10,13-17H,1,7-8,11-12H2,2-5H3,(H,28,33)(H2,29,30,31,34). The Morgan fingerprint density at radius 3 is 2.41 bits per heavy atom. The minimum atomic E-state index is -0.415. The molecule has 10 nitrogen and oxygen atoms in total. The Balaban J connectivity index is 1.71. The molecule has 0 aliphatic carbocycles. The highest BCUT2D eigenvalue weighted by atomic mass is 16.5. The fourth-order valence-corrected chi connectivity index (χ4v) is 3.64. The zero-order valence-corrected chi connectivity index (χ0v) is 21.6. The normalized spacial score (nSPS) is 10.5. The van der Waals surface area contributed by atoms with Gasteiger partial charge in [0.25, 0.3) is 5.91 Å². The van der Waals surface area contributed by atoms with Crippen LogP contribution in [0.4, 0.5) is 17.2 Å². The number of anilines is 3. The van der Waals surface area contributed by atoms with Crippen molar-refractivity contribution in [2.75, 3.05) is 57.1 Å². The number of benzene rings is 2. The molecule has 0 aliphatic rings. The maximum Gasteiger partial charge on any atom is 0.258 e. The summed E-state index contributed by atoms with van der Waals surface area (Å²) in [6.45, 7) is 4.68. The number of aromatic nitrogens is 2. The van der Waals surface area contributed by atoms with Gasteiger partial charge in [0.05, 0.1) is 32.1 Å². The first kappa shape index (κ1) is 27.3. The molecular formula is C27H33N5O5. The average Bonchev–Trinajstić information content (AvgIpc) is 3.37. The van der Waals surface area contributed by atoms with Crippen LogP contribution in [0.3, 0.4) is 0 Å². The molecule has 10 heteroatoms. The topological polar surface area (TPSA) is 118 Å². The van der Waals surface area contributed by atoms with Gasteiger partial charge >= 0.3 is 0 Å². The lowest BCUT2D eigenvalue weighted by atomic mass is 10.1. The van der Waals surface area contributed by atoms with Gasteiger partial charge in [0.2, 0.25) is 5.91 Å². The van der Waals surface area contributed by atoms with E-state index in [0.717, 1.165) is 40.9 Å². The first-order valence-corrected chi connectivity index (χ1v) is 11.7. The molecule has 0 bridgehead atoms. The Bertz CT molecular complexity index is 1220. The number of hydrogen-bond acceptors (Lipinski definition) is 7. The minimum Gasteiger partial charge on any atom is -0.497 e. The van der Waals surface area contributed by atoms with E-state index in [1.165, 1.54) is 0 Å². The molecule has 0 spiro atoms. The summed E-state index contributed by atoms with van der Waals surface area (Å²) in [5.74, 6) is 1.01. The predicted molar refractivity (Wildman–Crippen MR) is 144 cm³/mol. The second kappa shape index (κ2) is 13.1. The van der Waals surface area contributed by atoms with Crippen molar-refractivity contribution in [3.05, 3.63) is 71.9 Å². The second-order valence-corrected chi connectivity index (χ2v) is 8.29. The third-order valence-electron chi connectivity index (χ3n) is 5.73. The van der Waals surface area contributed by atoms with Crippen LogP contribution in [0, 0.1) is 0 Å².